The summed E-state index contributed by atoms with van der Waals surface area (Å²) in [6, 6.07) is 7.11. The molecule has 3 rings (SSSR count). The molecule has 1 aromatic carbocycles. The molecule has 3 N–H and O–H groups in total. The molecule has 8 nitrogen and oxygen atoms in total. The summed E-state index contributed by atoms with van der Waals surface area (Å²) in [5, 5.41) is 11.4. The topological polar surface area (TPSA) is 124 Å². The van der Waals surface area contributed by atoms with Gasteiger partial charge in [0.1, 0.15) is 17.6 Å². The van der Waals surface area contributed by atoms with E-state index >= 15 is 0 Å². The number of rotatable bonds is 3. The number of nitrogens with one attached hydrogen (secondary N) is 1. The summed E-state index contributed by atoms with van der Waals surface area (Å²) in [5.74, 6) is -1.55. The lowest BCUT2D eigenvalue weighted by molar-refractivity contribution is -0.128. The van der Waals surface area contributed by atoms with Crippen LogP contribution in [0.15, 0.2) is 35.5 Å². The Kier molecular flexibility index (Phi) is 5.22. The number of carbonyl (C=O) groups excluding carboxylic acids is 2. The number of nitrogens with zero attached hydrogens (tertiary/aromatic N) is 4. The van der Waals surface area contributed by atoms with Crippen molar-refractivity contribution in [2.45, 2.75) is 18.9 Å². The Labute approximate surface area is 170 Å². The first-order valence-corrected chi connectivity index (χ1v) is 8.81. The number of benzene rings is 1. The molecule has 2 amide bonds. The third-order valence-electron chi connectivity index (χ3n) is 4.56. The zero-order valence-electron chi connectivity index (χ0n) is 15.5. The molecule has 0 bridgehead atoms. The van der Waals surface area contributed by atoms with E-state index in [9.17, 15) is 14.0 Å². The second kappa shape index (κ2) is 7.48. The third kappa shape index (κ3) is 3.88. The van der Waals surface area contributed by atoms with Crippen molar-refractivity contribution in [2.75, 3.05) is 12.4 Å². The van der Waals surface area contributed by atoms with E-state index in [0.717, 1.165) is 0 Å². The Hall–Kier alpha value is -3.51. The molecule has 29 heavy (non-hydrogen) atoms. The highest BCUT2D eigenvalue weighted by molar-refractivity contribution is 6.34. The van der Waals surface area contributed by atoms with Crippen LogP contribution in [0.1, 0.15) is 35.0 Å². The van der Waals surface area contributed by atoms with Gasteiger partial charge in [-0.3, -0.25) is 14.5 Å². The van der Waals surface area contributed by atoms with Crippen LogP contribution in [0.2, 0.25) is 5.02 Å². The summed E-state index contributed by atoms with van der Waals surface area (Å²) in [7, 11) is 1.49. The predicted molar refractivity (Wildman–Crippen MR) is 105 cm³/mol. The zero-order valence-corrected chi connectivity index (χ0v) is 16.3. The van der Waals surface area contributed by atoms with Gasteiger partial charge in [0, 0.05) is 24.5 Å². The molecule has 0 spiro atoms. The van der Waals surface area contributed by atoms with Gasteiger partial charge in [-0.2, -0.15) is 5.26 Å². The number of halogens is 2. The molecule has 1 aliphatic rings. The van der Waals surface area contributed by atoms with E-state index in [4.69, 9.17) is 22.6 Å². The van der Waals surface area contributed by atoms with Crippen molar-refractivity contribution in [1.82, 2.24) is 9.88 Å². The maximum absolute atomic E-state index is 14.5. The van der Waals surface area contributed by atoms with Gasteiger partial charge in [0.2, 0.25) is 5.91 Å². The SMILES string of the molecule is CN1C(=O)CC(C)(c2cc(NC(=O)c3ncc(C#N)cc3Cl)ccc2F)N=C1N. The van der Waals surface area contributed by atoms with Crippen LogP contribution in [-0.4, -0.2) is 34.7 Å². The average molecular weight is 415 g/mol. The number of amides is 2. The van der Waals surface area contributed by atoms with Crippen LogP contribution in [0.5, 0.6) is 0 Å². The van der Waals surface area contributed by atoms with Crippen LogP contribution >= 0.6 is 11.6 Å². The Morgan fingerprint density at radius 2 is 2.17 bits per heavy atom. The standard InChI is InChI=1S/C19H16ClFN6O2/c1-19(7-15(28)27(2)18(23)26-19)12-6-11(3-4-14(12)21)25-17(29)16-13(20)5-10(8-22)9-24-16/h3-6,9H,7H2,1-2H3,(H2,23,26)(H,25,29). The van der Waals surface area contributed by atoms with Gasteiger partial charge in [-0.05, 0) is 31.2 Å². The van der Waals surface area contributed by atoms with Gasteiger partial charge in [-0.1, -0.05) is 11.6 Å². The van der Waals surface area contributed by atoms with Gasteiger partial charge in [0.15, 0.2) is 5.96 Å². The van der Waals surface area contributed by atoms with Crippen LogP contribution in [0, 0.1) is 17.1 Å². The number of aliphatic imine (C=N–C) groups is 1. The number of aromatic nitrogens is 1. The normalized spacial score (nSPS) is 18.8. The molecule has 1 atom stereocenters. The Morgan fingerprint density at radius 1 is 1.45 bits per heavy atom. The highest BCUT2D eigenvalue weighted by atomic mass is 35.5. The van der Waals surface area contributed by atoms with Crippen molar-refractivity contribution < 1.29 is 14.0 Å². The lowest BCUT2D eigenvalue weighted by Gasteiger charge is -2.34. The number of guanidine groups is 1. The number of anilines is 1. The van der Waals surface area contributed by atoms with E-state index in [-0.39, 0.29) is 45.8 Å². The Morgan fingerprint density at radius 3 is 2.79 bits per heavy atom. The fraction of sp³-hybridized carbons (Fsp3) is 0.211. The lowest BCUT2D eigenvalue weighted by atomic mass is 9.87. The summed E-state index contributed by atoms with van der Waals surface area (Å²) in [4.78, 5) is 34.0. The number of hydrogen-bond acceptors (Lipinski definition) is 6. The molecule has 0 saturated carbocycles. The van der Waals surface area contributed by atoms with Gasteiger partial charge in [-0.15, -0.1) is 0 Å². The highest BCUT2D eigenvalue weighted by Crippen LogP contribution is 2.36. The number of hydrogen-bond donors (Lipinski definition) is 2. The van der Waals surface area contributed by atoms with Gasteiger partial charge in [0.05, 0.1) is 22.5 Å². The van der Waals surface area contributed by atoms with E-state index in [0.29, 0.717) is 0 Å². The first-order valence-electron chi connectivity index (χ1n) is 8.43. The maximum atomic E-state index is 14.5. The molecular weight excluding hydrogens is 399 g/mol. The zero-order chi connectivity index (χ0) is 21.3. The molecule has 0 radical (unpaired) electrons. The average Bonchev–Trinajstić information content (AvgIpc) is 2.67. The fourth-order valence-electron chi connectivity index (χ4n) is 2.94. The van der Waals surface area contributed by atoms with Crippen molar-refractivity contribution in [3.8, 4) is 6.07 Å². The molecule has 1 aliphatic heterocycles. The van der Waals surface area contributed by atoms with Crippen LogP contribution in [0.25, 0.3) is 0 Å². The quantitative estimate of drug-likeness (QED) is 0.797. The first-order chi connectivity index (χ1) is 13.6. The minimum atomic E-state index is -1.22. The molecule has 0 saturated heterocycles. The van der Waals surface area contributed by atoms with Gasteiger partial charge in [0.25, 0.3) is 5.91 Å². The summed E-state index contributed by atoms with van der Waals surface area (Å²) < 4.78 is 14.5. The number of nitriles is 1. The lowest BCUT2D eigenvalue weighted by Crippen LogP contribution is -2.47. The molecule has 10 heteroatoms. The molecule has 0 aliphatic carbocycles. The minimum Gasteiger partial charge on any atom is -0.369 e. The number of carbonyl (C=O) groups is 2. The minimum absolute atomic E-state index is 0.00846. The van der Waals surface area contributed by atoms with Crippen molar-refractivity contribution in [3.05, 3.63) is 58.1 Å². The van der Waals surface area contributed by atoms with E-state index in [1.807, 2.05) is 6.07 Å². The van der Waals surface area contributed by atoms with Crippen LogP contribution in [-0.2, 0) is 10.3 Å². The maximum Gasteiger partial charge on any atom is 0.275 e. The smallest absolute Gasteiger partial charge is 0.275 e. The largest absolute Gasteiger partial charge is 0.369 e. The molecule has 0 fully saturated rings. The predicted octanol–water partition coefficient (Wildman–Crippen LogP) is 2.39. The summed E-state index contributed by atoms with van der Waals surface area (Å²) in [6.45, 7) is 1.59. The van der Waals surface area contributed by atoms with Crippen molar-refractivity contribution >= 4 is 35.1 Å². The van der Waals surface area contributed by atoms with Gasteiger partial charge < -0.3 is 11.1 Å². The first kappa shape index (κ1) is 20.2. The summed E-state index contributed by atoms with van der Waals surface area (Å²) >= 11 is 6.01. The summed E-state index contributed by atoms with van der Waals surface area (Å²) in [6.07, 6.45) is 1.14. The monoisotopic (exact) mass is 414 g/mol. The van der Waals surface area contributed by atoms with Crippen molar-refractivity contribution in [2.24, 2.45) is 10.7 Å². The molecule has 1 unspecified atom stereocenters. The molecule has 1 aromatic heterocycles. The second-order valence-corrected chi connectivity index (χ2v) is 7.10. The highest BCUT2D eigenvalue weighted by Gasteiger charge is 2.38. The molecule has 2 aromatic rings. The van der Waals surface area contributed by atoms with Crippen molar-refractivity contribution in [3.63, 3.8) is 0 Å². The number of pyridine rings is 1. The fourth-order valence-corrected chi connectivity index (χ4v) is 3.19. The molecule has 2 heterocycles. The molecule has 148 valence electrons. The Balaban J connectivity index is 1.93. The van der Waals surface area contributed by atoms with E-state index in [2.05, 4.69) is 15.3 Å². The van der Waals surface area contributed by atoms with E-state index in [1.165, 1.54) is 42.4 Å². The number of nitrogens with two attached hydrogens (primary N) is 1. The third-order valence-corrected chi connectivity index (χ3v) is 4.85. The summed E-state index contributed by atoms with van der Waals surface area (Å²) in [5.41, 5.74) is 5.06. The molecular formula is C19H16ClFN6O2. The van der Waals surface area contributed by atoms with E-state index in [1.54, 1.807) is 6.92 Å². The van der Waals surface area contributed by atoms with Crippen LogP contribution < -0.4 is 11.1 Å². The second-order valence-electron chi connectivity index (χ2n) is 6.69. The van der Waals surface area contributed by atoms with Crippen LogP contribution in [0.3, 0.4) is 0 Å². The van der Waals surface area contributed by atoms with Gasteiger partial charge >= 0.3 is 0 Å². The van der Waals surface area contributed by atoms with E-state index < -0.39 is 17.3 Å². The van der Waals surface area contributed by atoms with Crippen molar-refractivity contribution in [1.29, 1.82) is 5.26 Å². The van der Waals surface area contributed by atoms with Crippen LogP contribution in [0.4, 0.5) is 10.1 Å². The Bertz CT molecular complexity index is 1100. The van der Waals surface area contributed by atoms with Gasteiger partial charge in [-0.25, -0.2) is 14.4 Å².